The molecular weight excluding hydrogens is 378 g/mol. The van der Waals surface area contributed by atoms with E-state index in [-0.39, 0.29) is 11.6 Å². The minimum atomic E-state index is -0.644. The van der Waals surface area contributed by atoms with Gasteiger partial charge in [0, 0.05) is 25.1 Å². The lowest BCUT2D eigenvalue weighted by Crippen LogP contribution is -2.49. The first-order valence-corrected chi connectivity index (χ1v) is 10.3. The molecule has 1 N–H and O–H groups in total. The minimum absolute atomic E-state index is 0.0471. The summed E-state index contributed by atoms with van der Waals surface area (Å²) in [6.45, 7) is 3.19. The number of benzene rings is 2. The summed E-state index contributed by atoms with van der Waals surface area (Å²) in [5.41, 5.74) is 2.01. The molecule has 0 bridgehead atoms. The quantitative estimate of drug-likeness (QED) is 0.682. The predicted molar refractivity (Wildman–Crippen MR) is 114 cm³/mol. The average molecular weight is 403 g/mol. The molecule has 30 heavy (non-hydrogen) atoms. The van der Waals surface area contributed by atoms with Crippen molar-refractivity contribution in [3.05, 3.63) is 77.7 Å². The molecule has 1 saturated heterocycles. The highest BCUT2D eigenvalue weighted by Gasteiger charge is 2.30. The van der Waals surface area contributed by atoms with Gasteiger partial charge in [-0.2, -0.15) is 0 Å². The molecule has 1 atom stereocenters. The maximum atomic E-state index is 13.1. The highest BCUT2D eigenvalue weighted by Crippen LogP contribution is 2.21. The van der Waals surface area contributed by atoms with Crippen LogP contribution >= 0.6 is 0 Å². The van der Waals surface area contributed by atoms with E-state index >= 15 is 0 Å². The van der Waals surface area contributed by atoms with Crippen LogP contribution in [0.3, 0.4) is 0 Å². The molecule has 0 radical (unpaired) electrons. The normalized spacial score (nSPS) is 14.5. The van der Waals surface area contributed by atoms with Gasteiger partial charge in [-0.3, -0.25) is 9.59 Å². The molecule has 2 amide bonds. The Labute approximate surface area is 175 Å². The van der Waals surface area contributed by atoms with Gasteiger partial charge in [0.25, 0.3) is 5.91 Å². The van der Waals surface area contributed by atoms with Gasteiger partial charge in [-0.1, -0.05) is 48.5 Å². The number of carbonyl (C=O) groups excluding carboxylic acids is 2. The number of nitrogens with one attached hydrogen (secondary N) is 1. The van der Waals surface area contributed by atoms with Crippen molar-refractivity contribution >= 4 is 11.8 Å². The highest BCUT2D eigenvalue weighted by atomic mass is 16.4. The second kappa shape index (κ2) is 8.95. The Kier molecular flexibility index (Phi) is 5.93. The van der Waals surface area contributed by atoms with Gasteiger partial charge in [-0.15, -0.1) is 0 Å². The van der Waals surface area contributed by atoms with Gasteiger partial charge in [-0.25, -0.2) is 4.98 Å². The van der Waals surface area contributed by atoms with Crippen LogP contribution in [-0.4, -0.2) is 40.8 Å². The minimum Gasteiger partial charge on any atom is -0.441 e. The van der Waals surface area contributed by atoms with E-state index in [2.05, 4.69) is 10.3 Å². The van der Waals surface area contributed by atoms with Crippen molar-refractivity contribution in [1.29, 1.82) is 0 Å². The summed E-state index contributed by atoms with van der Waals surface area (Å²) >= 11 is 0. The topological polar surface area (TPSA) is 75.4 Å². The fraction of sp³-hybridized carbons (Fsp3) is 0.292. The Balaban J connectivity index is 1.55. The third-order valence-electron chi connectivity index (χ3n) is 5.34. The molecule has 2 aromatic carbocycles. The third-order valence-corrected chi connectivity index (χ3v) is 5.34. The average Bonchev–Trinajstić information content (AvgIpc) is 3.44. The largest absolute Gasteiger partial charge is 0.441 e. The smallest absolute Gasteiger partial charge is 0.274 e. The summed E-state index contributed by atoms with van der Waals surface area (Å²) in [6, 6.07) is 18.5. The molecule has 1 aromatic heterocycles. The van der Waals surface area contributed by atoms with Crippen molar-refractivity contribution in [2.45, 2.75) is 32.2 Å². The lowest BCUT2D eigenvalue weighted by Gasteiger charge is -2.24. The lowest BCUT2D eigenvalue weighted by atomic mass is 10.0. The van der Waals surface area contributed by atoms with Crippen molar-refractivity contribution in [2.24, 2.45) is 0 Å². The van der Waals surface area contributed by atoms with Crippen LogP contribution in [-0.2, 0) is 11.2 Å². The van der Waals surface area contributed by atoms with Crippen molar-refractivity contribution in [3.8, 4) is 11.5 Å². The molecule has 1 unspecified atom stereocenters. The number of hydrogen-bond acceptors (Lipinski definition) is 4. The molecule has 2 heterocycles. The third kappa shape index (κ3) is 4.43. The molecule has 1 aliphatic rings. The van der Waals surface area contributed by atoms with Crippen LogP contribution < -0.4 is 5.32 Å². The van der Waals surface area contributed by atoms with Crippen LogP contribution in [0, 0.1) is 6.92 Å². The maximum Gasteiger partial charge on any atom is 0.274 e. The van der Waals surface area contributed by atoms with Gasteiger partial charge in [0.05, 0.1) is 0 Å². The molecule has 3 aromatic rings. The molecule has 0 aliphatic carbocycles. The van der Waals surface area contributed by atoms with E-state index in [1.54, 1.807) is 6.92 Å². The van der Waals surface area contributed by atoms with Gasteiger partial charge in [0.2, 0.25) is 11.8 Å². The number of amides is 2. The lowest BCUT2D eigenvalue weighted by molar-refractivity contribution is -0.132. The van der Waals surface area contributed by atoms with Crippen LogP contribution in [0.15, 0.2) is 65.1 Å². The number of carbonyl (C=O) groups is 2. The Morgan fingerprint density at radius 1 is 1.03 bits per heavy atom. The fourth-order valence-corrected chi connectivity index (χ4v) is 3.75. The van der Waals surface area contributed by atoms with E-state index < -0.39 is 11.9 Å². The van der Waals surface area contributed by atoms with Gasteiger partial charge in [-0.05, 0) is 37.5 Å². The number of hydrogen-bond donors (Lipinski definition) is 1. The van der Waals surface area contributed by atoms with E-state index in [1.165, 1.54) is 0 Å². The predicted octanol–water partition coefficient (Wildman–Crippen LogP) is 3.61. The summed E-state index contributed by atoms with van der Waals surface area (Å²) < 4.78 is 5.71. The first-order valence-electron chi connectivity index (χ1n) is 10.3. The summed E-state index contributed by atoms with van der Waals surface area (Å²) in [5.74, 6) is 0.378. The summed E-state index contributed by atoms with van der Waals surface area (Å²) in [6.07, 6.45) is 2.44. The molecule has 4 rings (SSSR count). The van der Waals surface area contributed by atoms with Crippen molar-refractivity contribution < 1.29 is 14.0 Å². The highest BCUT2D eigenvalue weighted by molar-refractivity contribution is 5.97. The van der Waals surface area contributed by atoms with Gasteiger partial charge in [0.15, 0.2) is 5.69 Å². The zero-order valence-electron chi connectivity index (χ0n) is 17.0. The molecule has 6 heteroatoms. The van der Waals surface area contributed by atoms with Crippen molar-refractivity contribution in [3.63, 3.8) is 0 Å². The Morgan fingerprint density at radius 3 is 2.33 bits per heavy atom. The number of oxazole rings is 1. The van der Waals surface area contributed by atoms with Crippen LogP contribution in [0.5, 0.6) is 0 Å². The molecular formula is C24H25N3O3. The van der Waals surface area contributed by atoms with Crippen molar-refractivity contribution in [2.75, 3.05) is 13.1 Å². The molecule has 6 nitrogen and oxygen atoms in total. The first-order chi connectivity index (χ1) is 14.6. The SMILES string of the molecule is Cc1oc(-c2ccccc2)nc1C(=O)NC(Cc1ccccc1)C(=O)N1CCCC1. The number of nitrogens with zero attached hydrogens (tertiary/aromatic N) is 2. The number of rotatable bonds is 6. The van der Waals surface area contributed by atoms with Crippen molar-refractivity contribution in [1.82, 2.24) is 15.2 Å². The molecule has 0 spiro atoms. The Hall–Kier alpha value is -3.41. The second-order valence-electron chi connectivity index (χ2n) is 7.54. The van der Waals surface area contributed by atoms with E-state index in [1.807, 2.05) is 65.6 Å². The van der Waals surface area contributed by atoms with E-state index in [4.69, 9.17) is 4.42 Å². The Bertz CT molecular complexity index is 1010. The Morgan fingerprint density at radius 2 is 1.67 bits per heavy atom. The van der Waals surface area contributed by atoms with Gasteiger partial charge >= 0.3 is 0 Å². The number of likely N-dealkylation sites (tertiary alicyclic amines) is 1. The first kappa shape index (κ1) is 19.9. The van der Waals surface area contributed by atoms with Crippen LogP contribution in [0.25, 0.3) is 11.5 Å². The zero-order valence-corrected chi connectivity index (χ0v) is 17.0. The van der Waals surface area contributed by atoms with Crippen LogP contribution in [0.1, 0.15) is 34.7 Å². The molecule has 0 saturated carbocycles. The number of aryl methyl sites for hydroxylation is 1. The summed E-state index contributed by atoms with van der Waals surface area (Å²) in [5, 5.41) is 2.91. The maximum absolute atomic E-state index is 13.1. The molecule has 1 aliphatic heterocycles. The molecule has 154 valence electrons. The van der Waals surface area contributed by atoms with E-state index in [0.29, 0.717) is 18.1 Å². The fourth-order valence-electron chi connectivity index (χ4n) is 3.75. The van der Waals surface area contributed by atoms with Crippen LogP contribution in [0.4, 0.5) is 0 Å². The van der Waals surface area contributed by atoms with E-state index in [9.17, 15) is 9.59 Å². The van der Waals surface area contributed by atoms with Gasteiger partial charge in [0.1, 0.15) is 11.8 Å². The number of aromatic nitrogens is 1. The zero-order chi connectivity index (χ0) is 20.9. The van der Waals surface area contributed by atoms with Gasteiger partial charge < -0.3 is 14.6 Å². The summed E-state index contributed by atoms with van der Waals surface area (Å²) in [7, 11) is 0. The molecule has 1 fully saturated rings. The van der Waals surface area contributed by atoms with Crippen LogP contribution in [0.2, 0.25) is 0 Å². The standard InChI is InChI=1S/C24H25N3O3/c1-17-21(26-23(30-17)19-12-6-3-7-13-19)22(28)25-20(16-18-10-4-2-5-11-18)24(29)27-14-8-9-15-27/h2-7,10-13,20H,8-9,14-16H2,1H3,(H,25,28). The monoisotopic (exact) mass is 403 g/mol. The second-order valence-corrected chi connectivity index (χ2v) is 7.54. The summed E-state index contributed by atoms with van der Waals surface area (Å²) in [4.78, 5) is 32.3. The van der Waals surface area contributed by atoms with E-state index in [0.717, 1.165) is 37.1 Å².